The summed E-state index contributed by atoms with van der Waals surface area (Å²) in [4.78, 5) is 0.663. The van der Waals surface area contributed by atoms with E-state index in [0.717, 1.165) is 75.9 Å². The predicted octanol–water partition coefficient (Wildman–Crippen LogP) is 7.86. The fourth-order valence-electron chi connectivity index (χ4n) is 5.19. The Kier molecular flexibility index (Phi) is 5.90. The smallest absolute Gasteiger partial charge is 0.162 e. The van der Waals surface area contributed by atoms with Crippen LogP contribution in [0, 0.1) is 13.8 Å². The predicted molar refractivity (Wildman–Crippen MR) is 153 cm³/mol. The number of nitrogens with one attached hydrogen (secondary N) is 1. The highest BCUT2D eigenvalue weighted by Gasteiger charge is 2.29. The number of halogens is 1. The minimum Gasteiger partial charge on any atom is -0.345 e. The van der Waals surface area contributed by atoms with Crippen LogP contribution in [0.5, 0.6) is 0 Å². The fraction of sp³-hybridized carbons (Fsp3) is 0.200. The molecule has 0 atom stereocenters. The van der Waals surface area contributed by atoms with E-state index in [0.29, 0.717) is 4.99 Å². The molecule has 1 aliphatic heterocycles. The summed E-state index contributed by atoms with van der Waals surface area (Å²) in [7, 11) is 0. The van der Waals surface area contributed by atoms with Crippen LogP contribution in [0.15, 0.2) is 72.8 Å². The third-order valence-electron chi connectivity index (χ3n) is 7.04. The molecule has 180 valence electrons. The molecule has 4 nitrogen and oxygen atoms in total. The molecule has 0 spiro atoms. The van der Waals surface area contributed by atoms with Gasteiger partial charge in [0.1, 0.15) is 16.3 Å². The minimum absolute atomic E-state index is 0.663. The van der Waals surface area contributed by atoms with Crippen LogP contribution in [0.3, 0.4) is 0 Å². The normalized spacial score (nSPS) is 13.1. The summed E-state index contributed by atoms with van der Waals surface area (Å²) in [6.45, 7) is 5.13. The maximum absolute atomic E-state index is 6.26. The number of benzene rings is 3. The Balaban J connectivity index is 1.62. The first-order valence-electron chi connectivity index (χ1n) is 12.4. The Labute approximate surface area is 221 Å². The second kappa shape index (κ2) is 9.23. The van der Waals surface area contributed by atoms with Gasteiger partial charge in [0.2, 0.25) is 0 Å². The molecule has 0 unspecified atom stereocenters. The fourth-order valence-corrected chi connectivity index (χ4v) is 5.61. The number of nitrogens with zero attached hydrogens (tertiary/aromatic N) is 3. The maximum atomic E-state index is 6.26. The molecular weight excluding hydrogens is 484 g/mol. The van der Waals surface area contributed by atoms with Gasteiger partial charge in [-0.3, -0.25) is 0 Å². The van der Waals surface area contributed by atoms with Gasteiger partial charge in [0.05, 0.1) is 0 Å². The lowest BCUT2D eigenvalue weighted by Gasteiger charge is -2.13. The number of aromatic nitrogens is 3. The van der Waals surface area contributed by atoms with Crippen molar-refractivity contribution in [3.05, 3.63) is 100 Å². The number of hydrogen-bond acceptors (Lipinski definition) is 2. The minimum atomic E-state index is 0.663. The molecule has 0 aliphatic carbocycles. The molecule has 6 heteroatoms. The van der Waals surface area contributed by atoms with Crippen molar-refractivity contribution < 1.29 is 0 Å². The molecule has 3 aromatic carbocycles. The second-order valence-corrected chi connectivity index (χ2v) is 10.4. The Hall–Kier alpha value is -3.41. The van der Waals surface area contributed by atoms with Crippen LogP contribution in [-0.4, -0.2) is 19.2 Å². The SMILES string of the molecule is Cc1ccc(-c2nn3c(C(=S)Nc4ccccc4C)c(-c4ccc(Cl)cc4)c4c3n2CCCC4)cc1. The number of aryl methyl sites for hydroxylation is 4. The summed E-state index contributed by atoms with van der Waals surface area (Å²) in [6.07, 6.45) is 3.21. The average molecular weight is 511 g/mol. The first-order valence-corrected chi connectivity index (χ1v) is 13.1. The van der Waals surface area contributed by atoms with Crippen molar-refractivity contribution in [1.82, 2.24) is 14.2 Å². The molecular formula is C30H27ClN4S. The molecule has 0 amide bonds. The first-order chi connectivity index (χ1) is 17.5. The molecule has 0 bridgehead atoms. The largest absolute Gasteiger partial charge is 0.345 e. The van der Waals surface area contributed by atoms with Crippen LogP contribution < -0.4 is 5.32 Å². The quantitative estimate of drug-likeness (QED) is 0.250. The lowest BCUT2D eigenvalue weighted by atomic mass is 9.98. The molecule has 0 saturated heterocycles. The molecule has 3 heterocycles. The van der Waals surface area contributed by atoms with Crippen molar-refractivity contribution in [2.24, 2.45) is 0 Å². The number of anilines is 1. The molecule has 2 aromatic heterocycles. The number of thiocarbonyl (C=S) groups is 1. The van der Waals surface area contributed by atoms with Gasteiger partial charge in [0.15, 0.2) is 5.82 Å². The summed E-state index contributed by atoms with van der Waals surface area (Å²) in [6, 6.07) is 24.9. The van der Waals surface area contributed by atoms with Crippen molar-refractivity contribution >= 4 is 40.1 Å². The standard InChI is InChI=1S/C30H27ClN4S/c1-19-10-12-22(13-11-19)28-33-35-27(29(36)32-25-9-4-3-7-20(25)2)26(21-14-16-23(31)17-15-21)24-8-5-6-18-34(28)30(24)35/h3-4,7,9-17H,5-6,8,18H2,1-2H3,(H,32,36). The number of para-hydroxylation sites is 1. The Bertz CT molecular complexity index is 1590. The highest BCUT2D eigenvalue weighted by molar-refractivity contribution is 7.81. The van der Waals surface area contributed by atoms with Gasteiger partial charge in [-0.05, 0) is 62.4 Å². The van der Waals surface area contributed by atoms with Gasteiger partial charge < -0.3 is 9.88 Å². The molecule has 0 fully saturated rings. The van der Waals surface area contributed by atoms with Crippen LogP contribution in [0.25, 0.3) is 28.2 Å². The van der Waals surface area contributed by atoms with Crippen molar-refractivity contribution in [2.75, 3.05) is 5.32 Å². The summed E-state index contributed by atoms with van der Waals surface area (Å²) < 4.78 is 4.46. The number of rotatable bonds is 4. The maximum Gasteiger partial charge on any atom is 0.162 e. The van der Waals surface area contributed by atoms with Crippen molar-refractivity contribution in [2.45, 2.75) is 39.7 Å². The lowest BCUT2D eigenvalue weighted by Crippen LogP contribution is -2.15. The van der Waals surface area contributed by atoms with E-state index >= 15 is 0 Å². The third kappa shape index (κ3) is 3.93. The first kappa shape index (κ1) is 23.0. The zero-order chi connectivity index (χ0) is 24.8. The van der Waals surface area contributed by atoms with E-state index in [1.54, 1.807) is 0 Å². The molecule has 1 aliphatic rings. The average Bonchev–Trinajstić information content (AvgIpc) is 3.29. The van der Waals surface area contributed by atoms with E-state index in [4.69, 9.17) is 28.9 Å². The second-order valence-electron chi connectivity index (χ2n) is 9.51. The highest BCUT2D eigenvalue weighted by atomic mass is 35.5. The Morgan fingerprint density at radius 1 is 0.917 bits per heavy atom. The summed E-state index contributed by atoms with van der Waals surface area (Å²) in [5, 5.41) is 9.45. The van der Waals surface area contributed by atoms with Crippen LogP contribution in [0.2, 0.25) is 5.02 Å². The molecule has 6 rings (SSSR count). The van der Waals surface area contributed by atoms with E-state index in [2.05, 4.69) is 76.8 Å². The molecule has 36 heavy (non-hydrogen) atoms. The lowest BCUT2D eigenvalue weighted by molar-refractivity contribution is 0.645. The van der Waals surface area contributed by atoms with E-state index in [-0.39, 0.29) is 0 Å². The van der Waals surface area contributed by atoms with Crippen molar-refractivity contribution in [3.8, 4) is 22.5 Å². The van der Waals surface area contributed by atoms with Gasteiger partial charge in [-0.1, -0.05) is 84.0 Å². The van der Waals surface area contributed by atoms with Gasteiger partial charge >= 0.3 is 0 Å². The van der Waals surface area contributed by atoms with E-state index < -0.39 is 0 Å². The van der Waals surface area contributed by atoms with E-state index in [9.17, 15) is 0 Å². The topological polar surface area (TPSA) is 34.3 Å². The molecule has 0 saturated carbocycles. The number of hydrogen-bond donors (Lipinski definition) is 1. The van der Waals surface area contributed by atoms with Gasteiger partial charge in [-0.2, -0.15) is 0 Å². The van der Waals surface area contributed by atoms with Gasteiger partial charge in [-0.15, -0.1) is 5.10 Å². The molecule has 5 aromatic rings. The van der Waals surface area contributed by atoms with Crippen LogP contribution in [-0.2, 0) is 13.0 Å². The van der Waals surface area contributed by atoms with E-state index in [1.807, 2.05) is 24.3 Å². The van der Waals surface area contributed by atoms with E-state index in [1.165, 1.54) is 11.1 Å². The van der Waals surface area contributed by atoms with Crippen LogP contribution >= 0.6 is 23.8 Å². The molecule has 1 N–H and O–H groups in total. The zero-order valence-corrected chi connectivity index (χ0v) is 22.0. The monoisotopic (exact) mass is 510 g/mol. The zero-order valence-electron chi connectivity index (χ0n) is 20.4. The Morgan fingerprint density at radius 3 is 2.39 bits per heavy atom. The van der Waals surface area contributed by atoms with Crippen LogP contribution in [0.1, 0.15) is 35.2 Å². The van der Waals surface area contributed by atoms with Gasteiger partial charge in [0.25, 0.3) is 0 Å². The van der Waals surface area contributed by atoms with Crippen molar-refractivity contribution in [3.63, 3.8) is 0 Å². The van der Waals surface area contributed by atoms with Gasteiger partial charge in [-0.25, -0.2) is 4.52 Å². The Morgan fingerprint density at radius 2 is 1.64 bits per heavy atom. The van der Waals surface area contributed by atoms with Crippen LogP contribution in [0.4, 0.5) is 5.69 Å². The summed E-state index contributed by atoms with van der Waals surface area (Å²) >= 11 is 12.4. The molecule has 0 radical (unpaired) electrons. The summed E-state index contributed by atoms with van der Waals surface area (Å²) in [5.41, 5.74) is 10.1. The third-order valence-corrected chi connectivity index (χ3v) is 7.58. The van der Waals surface area contributed by atoms with Crippen molar-refractivity contribution in [1.29, 1.82) is 0 Å². The van der Waals surface area contributed by atoms with Gasteiger partial charge in [0, 0.05) is 33.9 Å². The highest BCUT2D eigenvalue weighted by Crippen LogP contribution is 2.39. The summed E-state index contributed by atoms with van der Waals surface area (Å²) in [5.74, 6) is 0.982.